The quantitative estimate of drug-likeness (QED) is 0.0222. The molecule has 0 aliphatic heterocycles. The Morgan fingerprint density at radius 1 is 0.329 bits per heavy atom. The summed E-state index contributed by atoms with van der Waals surface area (Å²) in [7, 11) is -9.88. The molecular formula is C63H122O17P2. The van der Waals surface area contributed by atoms with Crippen molar-refractivity contribution >= 4 is 39.5 Å². The van der Waals surface area contributed by atoms with Crippen LogP contribution in [0.3, 0.4) is 0 Å². The van der Waals surface area contributed by atoms with Crippen molar-refractivity contribution in [1.82, 2.24) is 0 Å². The van der Waals surface area contributed by atoms with Crippen LogP contribution in [0.1, 0.15) is 317 Å². The number of ether oxygens (including phenoxy) is 4. The van der Waals surface area contributed by atoms with E-state index in [0.29, 0.717) is 25.7 Å². The molecule has 0 heterocycles. The molecule has 0 amide bonds. The molecule has 19 heteroatoms. The van der Waals surface area contributed by atoms with Crippen LogP contribution in [0.2, 0.25) is 0 Å². The Morgan fingerprint density at radius 3 is 0.829 bits per heavy atom. The fourth-order valence-corrected chi connectivity index (χ4v) is 11.0. The van der Waals surface area contributed by atoms with Crippen LogP contribution in [-0.4, -0.2) is 96.7 Å². The van der Waals surface area contributed by atoms with Gasteiger partial charge in [0, 0.05) is 25.7 Å². The lowest BCUT2D eigenvalue weighted by atomic mass is 10.0. The first-order valence-electron chi connectivity index (χ1n) is 33.1. The van der Waals surface area contributed by atoms with Crippen molar-refractivity contribution < 1.29 is 80.2 Å². The zero-order valence-corrected chi connectivity index (χ0v) is 54.4. The molecule has 0 aromatic rings. The molecule has 82 heavy (non-hydrogen) atoms. The molecule has 0 saturated carbocycles. The van der Waals surface area contributed by atoms with E-state index in [0.717, 1.165) is 115 Å². The van der Waals surface area contributed by atoms with Gasteiger partial charge in [0.25, 0.3) is 0 Å². The van der Waals surface area contributed by atoms with Crippen LogP contribution in [0.25, 0.3) is 0 Å². The highest BCUT2D eigenvalue weighted by Crippen LogP contribution is 2.45. The Kier molecular flexibility index (Phi) is 55.5. The Balaban J connectivity index is 5.20. The van der Waals surface area contributed by atoms with Gasteiger partial charge in [-0.15, -0.1) is 0 Å². The number of hydrogen-bond donors (Lipinski definition) is 3. The highest BCUT2D eigenvalue weighted by atomic mass is 31.2. The molecule has 0 spiro atoms. The highest BCUT2D eigenvalue weighted by Gasteiger charge is 2.30. The molecule has 2 unspecified atom stereocenters. The highest BCUT2D eigenvalue weighted by molar-refractivity contribution is 7.47. The van der Waals surface area contributed by atoms with Crippen LogP contribution in [-0.2, 0) is 65.4 Å². The average molecular weight is 1210 g/mol. The van der Waals surface area contributed by atoms with Crippen LogP contribution in [0.15, 0.2) is 0 Å². The number of rotatable bonds is 63. The van der Waals surface area contributed by atoms with Crippen molar-refractivity contribution in [1.29, 1.82) is 0 Å². The maximum atomic E-state index is 13.0. The predicted molar refractivity (Wildman–Crippen MR) is 326 cm³/mol. The largest absolute Gasteiger partial charge is 0.472 e. The molecule has 17 nitrogen and oxygen atoms in total. The van der Waals surface area contributed by atoms with Crippen molar-refractivity contribution in [3.05, 3.63) is 0 Å². The first kappa shape index (κ1) is 80.1. The first-order chi connectivity index (χ1) is 39.5. The van der Waals surface area contributed by atoms with Gasteiger partial charge in [0.1, 0.15) is 19.3 Å². The van der Waals surface area contributed by atoms with Crippen molar-refractivity contribution in [3.8, 4) is 0 Å². The second-order valence-corrected chi connectivity index (χ2v) is 26.2. The number of carbonyl (C=O) groups is 4. The number of esters is 4. The molecule has 0 aromatic heterocycles. The summed E-state index contributed by atoms with van der Waals surface area (Å²) < 4.78 is 67.8. The van der Waals surface area contributed by atoms with Crippen molar-refractivity contribution in [3.63, 3.8) is 0 Å². The van der Waals surface area contributed by atoms with Gasteiger partial charge in [0.05, 0.1) is 26.4 Å². The third kappa shape index (κ3) is 57.2. The second kappa shape index (κ2) is 56.8. The minimum absolute atomic E-state index is 0.105. The van der Waals surface area contributed by atoms with Crippen LogP contribution in [0.4, 0.5) is 0 Å². The molecule has 486 valence electrons. The number of carbonyl (C=O) groups excluding carboxylic acids is 4. The molecule has 5 atom stereocenters. The molecule has 0 rings (SSSR count). The van der Waals surface area contributed by atoms with Gasteiger partial charge >= 0.3 is 39.5 Å². The number of unbranched alkanes of at least 4 members (excludes halogenated alkanes) is 35. The third-order valence-corrected chi connectivity index (χ3v) is 16.4. The van der Waals surface area contributed by atoms with E-state index in [-0.39, 0.29) is 25.7 Å². The Hall–Kier alpha value is -1.94. The zero-order valence-electron chi connectivity index (χ0n) is 52.6. The van der Waals surface area contributed by atoms with Crippen LogP contribution in [0, 0.1) is 5.92 Å². The van der Waals surface area contributed by atoms with E-state index in [9.17, 15) is 43.2 Å². The summed E-state index contributed by atoms with van der Waals surface area (Å²) in [6, 6.07) is 0. The molecule has 0 bridgehead atoms. The number of phosphoric ester groups is 2. The van der Waals surface area contributed by atoms with E-state index >= 15 is 0 Å². The summed E-state index contributed by atoms with van der Waals surface area (Å²) in [5.41, 5.74) is 0. The van der Waals surface area contributed by atoms with Crippen LogP contribution in [0.5, 0.6) is 0 Å². The summed E-state index contributed by atoms with van der Waals surface area (Å²) in [4.78, 5) is 72.0. The predicted octanol–water partition coefficient (Wildman–Crippen LogP) is 17.4. The average Bonchev–Trinajstić information content (AvgIpc) is 3.44. The third-order valence-electron chi connectivity index (χ3n) is 14.5. The van der Waals surface area contributed by atoms with Crippen LogP contribution >= 0.6 is 15.6 Å². The first-order valence-corrected chi connectivity index (χ1v) is 36.1. The molecule has 0 radical (unpaired) electrons. The van der Waals surface area contributed by atoms with Gasteiger partial charge in [0.2, 0.25) is 0 Å². The van der Waals surface area contributed by atoms with E-state index in [1.54, 1.807) is 0 Å². The SMILES string of the molecule is CCCCCCCCCCCCCCCCC(=O)O[C@H](COC(=O)CCCCCCCCCCCCC(C)C)COP(=O)(O)OC[C@@H](O)COP(=O)(O)OC[C@@H](COC(=O)CCCCCCCCC)OC(=O)CCCCCCCCCC. The minimum Gasteiger partial charge on any atom is -0.462 e. The molecule has 0 aromatic carbocycles. The Labute approximate surface area is 498 Å². The molecule has 3 N–H and O–H groups in total. The second-order valence-electron chi connectivity index (χ2n) is 23.3. The van der Waals surface area contributed by atoms with E-state index in [1.165, 1.54) is 122 Å². The van der Waals surface area contributed by atoms with E-state index in [2.05, 4.69) is 34.6 Å². The lowest BCUT2D eigenvalue weighted by Crippen LogP contribution is -2.30. The topological polar surface area (TPSA) is 237 Å². The van der Waals surface area contributed by atoms with E-state index in [1.807, 2.05) is 0 Å². The lowest BCUT2D eigenvalue weighted by molar-refractivity contribution is -0.161. The standard InChI is InChI=1S/C63H122O17P2/c1-6-9-12-15-18-20-21-22-23-24-29-34-39-44-49-63(68)80-59(53-74-61(66)47-42-37-33-28-26-25-27-31-35-40-45-56(4)5)55-78-82(71,72)76-51-57(64)50-75-81(69,70)77-54-58(52-73-60(65)46-41-36-30-17-14-11-8-3)79-62(67)48-43-38-32-19-16-13-10-7-2/h56-59,64H,6-55H2,1-5H3,(H,69,70)(H,71,72)/t57-,58+,59+/m0/s1. The van der Waals surface area contributed by atoms with Gasteiger partial charge in [-0.25, -0.2) is 9.13 Å². The van der Waals surface area contributed by atoms with Gasteiger partial charge in [-0.3, -0.25) is 37.3 Å². The van der Waals surface area contributed by atoms with Crippen molar-refractivity contribution in [2.75, 3.05) is 39.6 Å². The summed E-state index contributed by atoms with van der Waals surface area (Å²) in [6.07, 6.45) is 40.4. The van der Waals surface area contributed by atoms with Gasteiger partial charge in [0.15, 0.2) is 12.2 Å². The van der Waals surface area contributed by atoms with E-state index in [4.69, 9.17) is 37.0 Å². The number of phosphoric acid groups is 2. The normalized spacial score (nSPS) is 14.3. The van der Waals surface area contributed by atoms with Crippen molar-refractivity contribution in [2.45, 2.75) is 335 Å². The number of hydrogen-bond acceptors (Lipinski definition) is 15. The molecule has 0 aliphatic carbocycles. The monoisotopic (exact) mass is 1210 g/mol. The summed E-state index contributed by atoms with van der Waals surface area (Å²) >= 11 is 0. The van der Waals surface area contributed by atoms with E-state index < -0.39 is 97.5 Å². The zero-order chi connectivity index (χ0) is 60.6. The van der Waals surface area contributed by atoms with Crippen LogP contribution < -0.4 is 0 Å². The summed E-state index contributed by atoms with van der Waals surface area (Å²) in [5, 5.41) is 10.5. The smallest absolute Gasteiger partial charge is 0.462 e. The maximum Gasteiger partial charge on any atom is 0.472 e. The fourth-order valence-electron chi connectivity index (χ4n) is 9.41. The molecule has 0 aliphatic rings. The fraction of sp³-hybridized carbons (Fsp3) is 0.937. The summed E-state index contributed by atoms with van der Waals surface area (Å²) in [5.74, 6) is -1.38. The molecule has 0 fully saturated rings. The van der Waals surface area contributed by atoms with Gasteiger partial charge in [-0.2, -0.15) is 0 Å². The van der Waals surface area contributed by atoms with Gasteiger partial charge in [-0.05, 0) is 31.6 Å². The number of aliphatic hydroxyl groups excluding tert-OH is 1. The molecule has 0 saturated heterocycles. The van der Waals surface area contributed by atoms with Crippen molar-refractivity contribution in [2.24, 2.45) is 5.92 Å². The maximum absolute atomic E-state index is 13.0. The summed E-state index contributed by atoms with van der Waals surface area (Å²) in [6.45, 7) is 7.12. The minimum atomic E-state index is -4.94. The van der Waals surface area contributed by atoms with Gasteiger partial charge < -0.3 is 33.8 Å². The van der Waals surface area contributed by atoms with Gasteiger partial charge in [-0.1, -0.05) is 266 Å². The lowest BCUT2D eigenvalue weighted by Gasteiger charge is -2.21. The number of aliphatic hydroxyl groups is 1. The molecular weight excluding hydrogens is 1090 g/mol. The Morgan fingerprint density at radius 2 is 0.561 bits per heavy atom. The Bertz CT molecular complexity index is 1600.